The number of alkyl halides is 3. The maximum absolute atomic E-state index is 12.5. The SMILES string of the molecule is O=C(CNC(=O)c1ccc(C(F)(F)F)cc1)NCc1ccccc1Cl. The fourth-order valence-electron chi connectivity index (χ4n) is 1.97. The highest BCUT2D eigenvalue weighted by atomic mass is 35.5. The van der Waals surface area contributed by atoms with Crippen LogP contribution < -0.4 is 10.6 Å². The van der Waals surface area contributed by atoms with Crippen molar-refractivity contribution in [2.75, 3.05) is 6.54 Å². The van der Waals surface area contributed by atoms with Gasteiger partial charge in [0.2, 0.25) is 5.91 Å². The van der Waals surface area contributed by atoms with Crippen LogP contribution in [0.2, 0.25) is 5.02 Å². The van der Waals surface area contributed by atoms with Gasteiger partial charge in [-0.15, -0.1) is 0 Å². The maximum atomic E-state index is 12.5. The highest BCUT2D eigenvalue weighted by molar-refractivity contribution is 6.31. The van der Waals surface area contributed by atoms with E-state index in [1.54, 1.807) is 24.3 Å². The molecule has 2 amide bonds. The fourth-order valence-corrected chi connectivity index (χ4v) is 2.17. The fraction of sp³-hybridized carbons (Fsp3) is 0.176. The van der Waals surface area contributed by atoms with E-state index in [2.05, 4.69) is 10.6 Å². The zero-order chi connectivity index (χ0) is 18.4. The molecule has 25 heavy (non-hydrogen) atoms. The van der Waals surface area contributed by atoms with Gasteiger partial charge in [0.1, 0.15) is 0 Å². The zero-order valence-electron chi connectivity index (χ0n) is 12.9. The topological polar surface area (TPSA) is 58.2 Å². The maximum Gasteiger partial charge on any atom is 0.416 e. The van der Waals surface area contributed by atoms with Crippen molar-refractivity contribution < 1.29 is 22.8 Å². The molecule has 0 bridgehead atoms. The Balaban J connectivity index is 1.83. The molecule has 0 saturated heterocycles. The van der Waals surface area contributed by atoms with Gasteiger partial charge in [-0.3, -0.25) is 9.59 Å². The molecule has 2 rings (SSSR count). The van der Waals surface area contributed by atoms with E-state index < -0.39 is 23.6 Å². The summed E-state index contributed by atoms with van der Waals surface area (Å²) in [4.78, 5) is 23.6. The number of carbonyl (C=O) groups is 2. The van der Waals surface area contributed by atoms with Crippen LogP contribution >= 0.6 is 11.6 Å². The molecule has 4 nitrogen and oxygen atoms in total. The first kappa shape index (κ1) is 18.8. The van der Waals surface area contributed by atoms with Gasteiger partial charge in [-0.25, -0.2) is 0 Å². The summed E-state index contributed by atoms with van der Waals surface area (Å²) in [7, 11) is 0. The second-order valence-corrected chi connectivity index (χ2v) is 5.53. The van der Waals surface area contributed by atoms with Crippen molar-refractivity contribution in [3.63, 3.8) is 0 Å². The van der Waals surface area contributed by atoms with Crippen LogP contribution in [0, 0.1) is 0 Å². The van der Waals surface area contributed by atoms with Crippen molar-refractivity contribution >= 4 is 23.4 Å². The van der Waals surface area contributed by atoms with E-state index in [0.717, 1.165) is 29.8 Å². The lowest BCUT2D eigenvalue weighted by molar-refractivity contribution is -0.137. The van der Waals surface area contributed by atoms with Crippen LogP contribution in [0.3, 0.4) is 0 Å². The summed E-state index contributed by atoms with van der Waals surface area (Å²) >= 11 is 5.96. The second kappa shape index (κ2) is 8.02. The zero-order valence-corrected chi connectivity index (χ0v) is 13.6. The van der Waals surface area contributed by atoms with E-state index in [9.17, 15) is 22.8 Å². The van der Waals surface area contributed by atoms with Crippen LogP contribution in [0.15, 0.2) is 48.5 Å². The minimum Gasteiger partial charge on any atom is -0.350 e. The van der Waals surface area contributed by atoms with Crippen LogP contribution in [0.5, 0.6) is 0 Å². The Kier molecular flexibility index (Phi) is 6.03. The van der Waals surface area contributed by atoms with Crippen molar-refractivity contribution in [2.45, 2.75) is 12.7 Å². The Labute approximate surface area is 147 Å². The molecule has 2 aromatic carbocycles. The van der Waals surface area contributed by atoms with Gasteiger partial charge in [-0.2, -0.15) is 13.2 Å². The van der Waals surface area contributed by atoms with Gasteiger partial charge in [-0.1, -0.05) is 29.8 Å². The van der Waals surface area contributed by atoms with E-state index in [-0.39, 0.29) is 18.7 Å². The number of hydrogen-bond donors (Lipinski definition) is 2. The lowest BCUT2D eigenvalue weighted by atomic mass is 10.1. The summed E-state index contributed by atoms with van der Waals surface area (Å²) in [5.74, 6) is -1.08. The number of carbonyl (C=O) groups excluding carboxylic acids is 2. The third-order valence-corrected chi connectivity index (χ3v) is 3.69. The smallest absolute Gasteiger partial charge is 0.350 e. The van der Waals surface area contributed by atoms with Gasteiger partial charge in [0.25, 0.3) is 5.91 Å². The molecule has 0 aromatic heterocycles. The molecule has 2 N–H and O–H groups in total. The summed E-state index contributed by atoms with van der Waals surface area (Å²) in [6.45, 7) is -0.0982. The van der Waals surface area contributed by atoms with Crippen LogP contribution in [0.1, 0.15) is 21.5 Å². The van der Waals surface area contributed by atoms with Gasteiger partial charge in [-0.05, 0) is 35.9 Å². The molecule has 0 aliphatic heterocycles. The standard InChI is InChI=1S/C17H14ClF3N2O2/c18-14-4-2-1-3-12(14)9-22-15(24)10-23-16(25)11-5-7-13(8-6-11)17(19,20)21/h1-8H,9-10H2,(H,22,24)(H,23,25). The summed E-state index contributed by atoms with van der Waals surface area (Å²) in [6, 6.07) is 10.7. The van der Waals surface area contributed by atoms with Crippen molar-refractivity contribution in [1.82, 2.24) is 10.6 Å². The molecule has 2 aromatic rings. The minimum absolute atomic E-state index is 0.0342. The van der Waals surface area contributed by atoms with Gasteiger partial charge in [0.05, 0.1) is 12.1 Å². The summed E-state index contributed by atoms with van der Waals surface area (Å²) in [6.07, 6.45) is -4.46. The number of nitrogens with one attached hydrogen (secondary N) is 2. The van der Waals surface area contributed by atoms with E-state index in [4.69, 9.17) is 11.6 Å². The Morgan fingerprint density at radius 3 is 2.20 bits per heavy atom. The largest absolute Gasteiger partial charge is 0.416 e. The normalized spacial score (nSPS) is 11.0. The molecular formula is C17H14ClF3N2O2. The molecule has 0 unspecified atom stereocenters. The molecule has 0 saturated carbocycles. The Morgan fingerprint density at radius 2 is 1.60 bits per heavy atom. The first-order valence-corrected chi connectivity index (χ1v) is 7.61. The number of hydrogen-bond acceptors (Lipinski definition) is 2. The van der Waals surface area contributed by atoms with Crippen molar-refractivity contribution in [3.05, 3.63) is 70.2 Å². The lowest BCUT2D eigenvalue weighted by Gasteiger charge is -2.09. The highest BCUT2D eigenvalue weighted by Gasteiger charge is 2.30. The molecule has 0 heterocycles. The van der Waals surface area contributed by atoms with Crippen LogP contribution in [-0.4, -0.2) is 18.4 Å². The summed E-state index contributed by atoms with van der Waals surface area (Å²) in [5, 5.41) is 5.44. The molecule has 0 spiro atoms. The van der Waals surface area contributed by atoms with Gasteiger partial charge >= 0.3 is 6.18 Å². The molecular weight excluding hydrogens is 357 g/mol. The third-order valence-electron chi connectivity index (χ3n) is 3.32. The Morgan fingerprint density at radius 1 is 0.960 bits per heavy atom. The quantitative estimate of drug-likeness (QED) is 0.847. The molecule has 0 fully saturated rings. The second-order valence-electron chi connectivity index (χ2n) is 5.13. The van der Waals surface area contributed by atoms with Crippen molar-refractivity contribution in [1.29, 1.82) is 0 Å². The first-order valence-electron chi connectivity index (χ1n) is 7.23. The van der Waals surface area contributed by atoms with Crippen molar-refractivity contribution in [2.24, 2.45) is 0 Å². The summed E-state index contributed by atoms with van der Waals surface area (Å²) in [5.41, 5.74) is -0.0833. The van der Waals surface area contributed by atoms with Gasteiger partial charge < -0.3 is 10.6 Å². The third kappa shape index (κ3) is 5.49. The Hall–Kier alpha value is -2.54. The minimum atomic E-state index is -4.46. The molecule has 0 atom stereocenters. The molecule has 0 aliphatic carbocycles. The van der Waals surface area contributed by atoms with Crippen LogP contribution in [0.25, 0.3) is 0 Å². The lowest BCUT2D eigenvalue weighted by Crippen LogP contribution is -2.36. The van der Waals surface area contributed by atoms with Crippen LogP contribution in [0.4, 0.5) is 13.2 Å². The number of rotatable bonds is 5. The predicted molar refractivity (Wildman–Crippen MR) is 87.1 cm³/mol. The average molecular weight is 371 g/mol. The first-order chi connectivity index (χ1) is 11.8. The highest BCUT2D eigenvalue weighted by Crippen LogP contribution is 2.29. The van der Waals surface area contributed by atoms with Crippen molar-refractivity contribution in [3.8, 4) is 0 Å². The van der Waals surface area contributed by atoms with E-state index >= 15 is 0 Å². The number of amides is 2. The predicted octanol–water partition coefficient (Wildman–Crippen LogP) is 3.41. The van der Waals surface area contributed by atoms with Gasteiger partial charge in [0.15, 0.2) is 0 Å². The van der Waals surface area contributed by atoms with E-state index in [1.165, 1.54) is 0 Å². The Bertz CT molecular complexity index is 761. The number of halogens is 4. The van der Waals surface area contributed by atoms with Crippen LogP contribution in [-0.2, 0) is 17.5 Å². The molecule has 0 aliphatic rings. The monoisotopic (exact) mass is 370 g/mol. The van der Waals surface area contributed by atoms with Gasteiger partial charge in [0, 0.05) is 17.1 Å². The average Bonchev–Trinajstić information content (AvgIpc) is 2.58. The number of benzene rings is 2. The summed E-state index contributed by atoms with van der Waals surface area (Å²) < 4.78 is 37.4. The van der Waals surface area contributed by atoms with E-state index in [1.807, 2.05) is 0 Å². The van der Waals surface area contributed by atoms with E-state index in [0.29, 0.717) is 5.02 Å². The molecule has 8 heteroatoms. The molecule has 132 valence electrons. The molecule has 0 radical (unpaired) electrons.